The van der Waals surface area contributed by atoms with Gasteiger partial charge in [-0.2, -0.15) is 0 Å². The van der Waals surface area contributed by atoms with E-state index in [1.165, 1.54) is 11.3 Å². The van der Waals surface area contributed by atoms with Crippen molar-refractivity contribution >= 4 is 21.4 Å². The lowest BCUT2D eigenvalue weighted by atomic mass is 9.91. The van der Waals surface area contributed by atoms with E-state index < -0.39 is 15.6 Å². The molecule has 0 aliphatic rings. The van der Waals surface area contributed by atoms with Crippen molar-refractivity contribution in [3.63, 3.8) is 0 Å². The van der Waals surface area contributed by atoms with Crippen molar-refractivity contribution < 1.29 is 13.2 Å². The fraction of sp³-hybridized carbons (Fsp3) is 0.412. The van der Waals surface area contributed by atoms with Crippen molar-refractivity contribution in [2.24, 2.45) is 0 Å². The number of nitrogens with one attached hydrogen (secondary N) is 1. The number of hydrogen-bond donors (Lipinski definition) is 1. The predicted molar refractivity (Wildman–Crippen MR) is 94.3 cm³/mol. The van der Waals surface area contributed by atoms with Crippen LogP contribution in [0.5, 0.6) is 0 Å². The summed E-state index contributed by atoms with van der Waals surface area (Å²) < 4.78 is 33.8. The average Bonchev–Trinajstić information content (AvgIpc) is 3.07. The van der Waals surface area contributed by atoms with Crippen LogP contribution in [-0.2, 0) is 26.8 Å². The summed E-state index contributed by atoms with van der Waals surface area (Å²) in [4.78, 5) is 1.06. The second kappa shape index (κ2) is 7.57. The van der Waals surface area contributed by atoms with Gasteiger partial charge in [-0.25, -0.2) is 13.1 Å². The van der Waals surface area contributed by atoms with Crippen LogP contribution in [0.4, 0.5) is 0 Å². The first-order chi connectivity index (χ1) is 11.0. The summed E-state index contributed by atoms with van der Waals surface area (Å²) in [7, 11) is -1.91. The number of ether oxygens (including phenoxy) is 1. The zero-order chi connectivity index (χ0) is 16.9. The normalized spacial score (nSPS) is 14.6. The Kier molecular flexibility index (Phi) is 5.97. The summed E-state index contributed by atoms with van der Waals surface area (Å²) in [5.74, 6) is 0. The minimum atomic E-state index is -3.52. The molecular formula is C17H23NO3S2. The molecule has 1 heterocycles. The van der Waals surface area contributed by atoms with Gasteiger partial charge in [-0.05, 0) is 30.5 Å². The average molecular weight is 354 g/mol. The van der Waals surface area contributed by atoms with Crippen LogP contribution in [0.2, 0.25) is 0 Å². The summed E-state index contributed by atoms with van der Waals surface area (Å²) in [5.41, 5.74) is 0.298. The van der Waals surface area contributed by atoms with E-state index in [-0.39, 0.29) is 6.54 Å². The predicted octanol–water partition coefficient (Wildman–Crippen LogP) is 3.54. The molecule has 1 aromatic carbocycles. The van der Waals surface area contributed by atoms with Crippen LogP contribution >= 0.6 is 11.3 Å². The molecule has 1 unspecified atom stereocenters. The van der Waals surface area contributed by atoms with E-state index in [1.54, 1.807) is 13.2 Å². The lowest BCUT2D eigenvalue weighted by molar-refractivity contribution is -0.0133. The monoisotopic (exact) mass is 353 g/mol. The maximum Gasteiger partial charge on any atom is 0.250 e. The minimum Gasteiger partial charge on any atom is -0.372 e. The van der Waals surface area contributed by atoms with Gasteiger partial charge in [0.1, 0.15) is 9.81 Å². The molecule has 2 rings (SSSR count). The summed E-state index contributed by atoms with van der Waals surface area (Å²) in [6, 6.07) is 13.2. The Balaban J connectivity index is 2.21. The molecular weight excluding hydrogens is 330 g/mol. The first-order valence-electron chi connectivity index (χ1n) is 7.66. The zero-order valence-electron chi connectivity index (χ0n) is 13.7. The molecule has 2 aromatic rings. The molecule has 6 heteroatoms. The fourth-order valence-electron chi connectivity index (χ4n) is 2.48. The molecule has 0 aliphatic carbocycles. The summed E-state index contributed by atoms with van der Waals surface area (Å²) in [5, 5.41) is 0. The smallest absolute Gasteiger partial charge is 0.250 e. The molecule has 23 heavy (non-hydrogen) atoms. The SMILES string of the molecule is CCc1ccc(S(=O)(=O)NCC(CC)(OC)c2ccccc2)s1. The van der Waals surface area contributed by atoms with Gasteiger partial charge in [0.2, 0.25) is 10.0 Å². The van der Waals surface area contributed by atoms with Crippen LogP contribution in [0.15, 0.2) is 46.7 Å². The molecule has 0 bridgehead atoms. The van der Waals surface area contributed by atoms with Gasteiger partial charge in [0.25, 0.3) is 0 Å². The highest BCUT2D eigenvalue weighted by atomic mass is 32.2. The van der Waals surface area contributed by atoms with Crippen molar-refractivity contribution in [2.45, 2.75) is 36.5 Å². The first kappa shape index (κ1) is 18.1. The molecule has 0 fully saturated rings. The Bertz CT molecular complexity index is 719. The van der Waals surface area contributed by atoms with E-state index in [2.05, 4.69) is 4.72 Å². The maximum atomic E-state index is 12.5. The molecule has 0 amide bonds. The number of methoxy groups -OCH3 is 1. The lowest BCUT2D eigenvalue weighted by Crippen LogP contribution is -2.41. The van der Waals surface area contributed by atoms with Crippen LogP contribution in [-0.4, -0.2) is 22.1 Å². The number of benzene rings is 1. The topological polar surface area (TPSA) is 55.4 Å². The highest BCUT2D eigenvalue weighted by Crippen LogP contribution is 2.29. The van der Waals surface area contributed by atoms with Crippen molar-refractivity contribution in [1.29, 1.82) is 0 Å². The van der Waals surface area contributed by atoms with Crippen LogP contribution < -0.4 is 4.72 Å². The van der Waals surface area contributed by atoms with Crippen molar-refractivity contribution in [1.82, 2.24) is 4.72 Å². The summed E-state index contributed by atoms with van der Waals surface area (Å²) in [6.45, 7) is 4.20. The van der Waals surface area contributed by atoms with Crippen LogP contribution in [0.3, 0.4) is 0 Å². The van der Waals surface area contributed by atoms with Crippen LogP contribution in [0.25, 0.3) is 0 Å². The highest BCUT2D eigenvalue weighted by molar-refractivity contribution is 7.91. The van der Waals surface area contributed by atoms with Gasteiger partial charge in [-0.15, -0.1) is 11.3 Å². The Morgan fingerprint density at radius 3 is 2.35 bits per heavy atom. The molecule has 1 N–H and O–H groups in total. The van der Waals surface area contributed by atoms with Gasteiger partial charge in [0, 0.05) is 18.5 Å². The number of thiophene rings is 1. The Hall–Kier alpha value is -1.21. The van der Waals surface area contributed by atoms with Gasteiger partial charge in [-0.1, -0.05) is 44.2 Å². The lowest BCUT2D eigenvalue weighted by Gasteiger charge is -2.32. The Labute approximate surface area is 142 Å². The maximum absolute atomic E-state index is 12.5. The van der Waals surface area contributed by atoms with Gasteiger partial charge < -0.3 is 4.74 Å². The van der Waals surface area contributed by atoms with Crippen LogP contribution in [0, 0.1) is 0 Å². The number of aryl methyl sites for hydroxylation is 1. The summed E-state index contributed by atoms with van der Waals surface area (Å²) >= 11 is 1.31. The van der Waals surface area contributed by atoms with Crippen molar-refractivity contribution in [3.05, 3.63) is 52.9 Å². The van der Waals surface area contributed by atoms with E-state index in [0.29, 0.717) is 10.6 Å². The molecule has 0 saturated carbocycles. The fourth-order valence-corrected chi connectivity index (χ4v) is 4.91. The summed E-state index contributed by atoms with van der Waals surface area (Å²) in [6.07, 6.45) is 1.50. The zero-order valence-corrected chi connectivity index (χ0v) is 15.3. The number of hydrogen-bond acceptors (Lipinski definition) is 4. The number of rotatable bonds is 8. The van der Waals surface area contributed by atoms with E-state index in [0.717, 1.165) is 16.9 Å². The second-order valence-electron chi connectivity index (χ2n) is 5.32. The molecule has 1 atom stereocenters. The van der Waals surface area contributed by atoms with E-state index >= 15 is 0 Å². The molecule has 0 aliphatic heterocycles. The van der Waals surface area contributed by atoms with E-state index in [9.17, 15) is 8.42 Å². The molecule has 126 valence electrons. The highest BCUT2D eigenvalue weighted by Gasteiger charge is 2.32. The van der Waals surface area contributed by atoms with Gasteiger partial charge in [0.15, 0.2) is 0 Å². The van der Waals surface area contributed by atoms with Gasteiger partial charge in [-0.3, -0.25) is 0 Å². The third kappa shape index (κ3) is 4.01. The van der Waals surface area contributed by atoms with Crippen molar-refractivity contribution in [2.75, 3.05) is 13.7 Å². The Morgan fingerprint density at radius 1 is 1.13 bits per heavy atom. The van der Waals surface area contributed by atoms with Gasteiger partial charge >= 0.3 is 0 Å². The molecule has 1 aromatic heterocycles. The van der Waals surface area contributed by atoms with E-state index in [4.69, 9.17) is 4.74 Å². The largest absolute Gasteiger partial charge is 0.372 e. The molecule has 0 radical (unpaired) electrons. The minimum absolute atomic E-state index is 0.200. The molecule has 0 saturated heterocycles. The quantitative estimate of drug-likeness (QED) is 0.790. The van der Waals surface area contributed by atoms with E-state index in [1.807, 2.05) is 50.2 Å². The second-order valence-corrected chi connectivity index (χ2v) is 8.48. The number of sulfonamides is 1. The third-order valence-corrected chi connectivity index (χ3v) is 7.18. The van der Waals surface area contributed by atoms with Gasteiger partial charge in [0.05, 0.1) is 0 Å². The first-order valence-corrected chi connectivity index (χ1v) is 9.96. The molecule has 0 spiro atoms. The third-order valence-electron chi connectivity index (χ3n) is 4.06. The standard InChI is InChI=1S/C17H23NO3S2/c1-4-15-11-12-16(22-15)23(19,20)18-13-17(5-2,21-3)14-9-7-6-8-10-14/h6-12,18H,4-5,13H2,1-3H3. The Morgan fingerprint density at radius 2 is 1.83 bits per heavy atom. The molecule has 4 nitrogen and oxygen atoms in total. The van der Waals surface area contributed by atoms with Crippen LogP contribution in [0.1, 0.15) is 30.7 Å². The van der Waals surface area contributed by atoms with Crippen molar-refractivity contribution in [3.8, 4) is 0 Å².